The fourth-order valence-corrected chi connectivity index (χ4v) is 1.32. The van der Waals surface area contributed by atoms with Gasteiger partial charge in [0.15, 0.2) is 11.2 Å². The summed E-state index contributed by atoms with van der Waals surface area (Å²) in [4.78, 5) is 25.6. The van der Waals surface area contributed by atoms with E-state index >= 15 is 0 Å². The molecule has 0 fully saturated rings. The normalized spacial score (nSPS) is 10.7. The van der Waals surface area contributed by atoms with Crippen LogP contribution in [-0.2, 0) is 0 Å². The molecule has 2 aromatic heterocycles. The van der Waals surface area contributed by atoms with E-state index < -0.39 is 11.7 Å². The number of anilines is 1. The van der Waals surface area contributed by atoms with E-state index in [1.807, 2.05) is 6.92 Å². The number of hydrogen-bond donors (Lipinski definition) is 4. The first-order chi connectivity index (χ1) is 9.61. The van der Waals surface area contributed by atoms with E-state index in [1.165, 1.54) is 6.20 Å². The number of fused-ring (bicyclic) bond motifs is 1. The molecular formula is C12H17N5O3. The van der Waals surface area contributed by atoms with E-state index in [2.05, 4.69) is 32.8 Å². The largest absolute Gasteiger partial charge is 0.400 e. The van der Waals surface area contributed by atoms with Gasteiger partial charge in [-0.2, -0.15) is 4.98 Å². The maximum atomic E-state index is 11.5. The second-order valence-corrected chi connectivity index (χ2v) is 3.34. The molecule has 8 heteroatoms. The molecule has 5 N–H and O–H groups in total. The van der Waals surface area contributed by atoms with E-state index in [0.717, 1.165) is 7.11 Å². The average molecular weight is 279 g/mol. The van der Waals surface area contributed by atoms with Crippen molar-refractivity contribution < 1.29 is 10.2 Å². The molecule has 2 rings (SSSR count). The summed E-state index contributed by atoms with van der Waals surface area (Å²) >= 11 is 0. The molecule has 108 valence electrons. The lowest BCUT2D eigenvalue weighted by atomic mass is 10.2. The van der Waals surface area contributed by atoms with Crippen molar-refractivity contribution in [1.29, 1.82) is 0 Å². The van der Waals surface area contributed by atoms with Crippen molar-refractivity contribution in [3.63, 3.8) is 0 Å². The first-order valence-electron chi connectivity index (χ1n) is 5.60. The highest BCUT2D eigenvalue weighted by Gasteiger charge is 2.11. The second kappa shape index (κ2) is 8.58. The summed E-state index contributed by atoms with van der Waals surface area (Å²) in [6, 6.07) is 0. The van der Waals surface area contributed by atoms with Crippen molar-refractivity contribution in [2.24, 2.45) is 0 Å². The first-order valence-corrected chi connectivity index (χ1v) is 5.60. The Morgan fingerprint density at radius 3 is 2.55 bits per heavy atom. The predicted octanol–water partition coefficient (Wildman–Crippen LogP) is -0.403. The molecular weight excluding hydrogens is 262 g/mol. The van der Waals surface area contributed by atoms with E-state index in [4.69, 9.17) is 10.8 Å². The molecule has 0 aliphatic heterocycles. The Hall–Kier alpha value is -2.50. The van der Waals surface area contributed by atoms with Gasteiger partial charge in [-0.3, -0.25) is 9.78 Å². The quantitative estimate of drug-likeness (QED) is 0.548. The third-order valence-corrected chi connectivity index (χ3v) is 2.18. The Bertz CT molecular complexity index is 623. The third-order valence-electron chi connectivity index (χ3n) is 2.18. The molecule has 2 aromatic rings. The van der Waals surface area contributed by atoms with Gasteiger partial charge in [-0.05, 0) is 6.42 Å². The summed E-state index contributed by atoms with van der Waals surface area (Å²) in [7, 11) is 1.00. The average Bonchev–Trinajstić information content (AvgIpc) is 2.50. The summed E-state index contributed by atoms with van der Waals surface area (Å²) in [6.45, 7) is 1.81. The van der Waals surface area contributed by atoms with Crippen LogP contribution in [-0.4, -0.2) is 37.3 Å². The van der Waals surface area contributed by atoms with Gasteiger partial charge in [0.25, 0.3) is 5.56 Å². The summed E-state index contributed by atoms with van der Waals surface area (Å²) in [5.74, 6) is -0.00408. The Morgan fingerprint density at radius 1 is 1.40 bits per heavy atom. The molecule has 0 bridgehead atoms. The zero-order valence-corrected chi connectivity index (χ0v) is 11.2. The standard InChI is InChI=1S/C9H11N5O2.C2H2.CH4O/c1-2-5(15)4-3-11-7-6(12-4)8(16)14-9(10)13-7;2*1-2/h3,5,15H,2H2,1H3,(H3,10,11,13,14,16);1-2H;2H,1H3/t5-;;/m0../s1. The smallest absolute Gasteiger partial charge is 0.280 e. The summed E-state index contributed by atoms with van der Waals surface area (Å²) in [6.07, 6.45) is 9.16. The van der Waals surface area contributed by atoms with Gasteiger partial charge in [0.2, 0.25) is 5.95 Å². The molecule has 0 saturated heterocycles. The summed E-state index contributed by atoms with van der Waals surface area (Å²) in [5, 5.41) is 16.6. The predicted molar refractivity (Wildman–Crippen MR) is 75.6 cm³/mol. The number of hydrogen-bond acceptors (Lipinski definition) is 7. The molecule has 0 aliphatic rings. The SMILES string of the molecule is C#C.CC[C@H](O)c1cnc2nc(N)[nH]c(=O)c2n1.CO. The fourth-order valence-electron chi connectivity index (χ4n) is 1.32. The van der Waals surface area contributed by atoms with Crippen LogP contribution in [0.4, 0.5) is 5.95 Å². The second-order valence-electron chi connectivity index (χ2n) is 3.34. The number of nitrogens with one attached hydrogen (secondary N) is 1. The van der Waals surface area contributed by atoms with Crippen LogP contribution >= 0.6 is 0 Å². The molecule has 0 unspecified atom stereocenters. The lowest BCUT2D eigenvalue weighted by molar-refractivity contribution is 0.169. The number of aromatic nitrogens is 4. The summed E-state index contributed by atoms with van der Waals surface area (Å²) in [5.41, 5.74) is 5.52. The molecule has 0 radical (unpaired) electrons. The Balaban J connectivity index is 0.000000829. The maximum absolute atomic E-state index is 11.5. The van der Waals surface area contributed by atoms with Crippen molar-refractivity contribution in [2.75, 3.05) is 12.8 Å². The molecule has 0 amide bonds. The van der Waals surface area contributed by atoms with Crippen LogP contribution in [0.25, 0.3) is 11.2 Å². The van der Waals surface area contributed by atoms with Crippen LogP contribution in [0.15, 0.2) is 11.0 Å². The van der Waals surface area contributed by atoms with Crippen LogP contribution in [0.5, 0.6) is 0 Å². The minimum absolute atomic E-state index is 0.00408. The lowest BCUT2D eigenvalue weighted by Crippen LogP contribution is -2.15. The lowest BCUT2D eigenvalue weighted by Gasteiger charge is -2.06. The van der Waals surface area contributed by atoms with Gasteiger partial charge in [0, 0.05) is 7.11 Å². The van der Waals surface area contributed by atoms with Gasteiger partial charge >= 0.3 is 0 Å². The monoisotopic (exact) mass is 279 g/mol. The van der Waals surface area contributed by atoms with Gasteiger partial charge in [0.1, 0.15) is 0 Å². The van der Waals surface area contributed by atoms with Gasteiger partial charge in [-0.25, -0.2) is 9.97 Å². The minimum atomic E-state index is -0.728. The van der Waals surface area contributed by atoms with Gasteiger partial charge in [-0.1, -0.05) is 6.92 Å². The van der Waals surface area contributed by atoms with E-state index in [-0.39, 0.29) is 17.1 Å². The number of nitrogens with zero attached hydrogens (tertiary/aromatic N) is 3. The summed E-state index contributed by atoms with van der Waals surface area (Å²) < 4.78 is 0. The molecule has 0 saturated carbocycles. The number of aliphatic hydroxyl groups is 2. The van der Waals surface area contributed by atoms with Crippen LogP contribution in [0, 0.1) is 12.8 Å². The van der Waals surface area contributed by atoms with Crippen molar-refractivity contribution >= 4 is 17.1 Å². The molecule has 2 heterocycles. The molecule has 20 heavy (non-hydrogen) atoms. The first kappa shape index (κ1) is 17.5. The maximum Gasteiger partial charge on any atom is 0.280 e. The number of aromatic amines is 1. The Kier molecular flexibility index (Phi) is 7.50. The highest BCUT2D eigenvalue weighted by Crippen LogP contribution is 2.13. The molecule has 1 atom stereocenters. The number of nitrogen functional groups attached to an aromatic ring is 1. The van der Waals surface area contributed by atoms with Crippen LogP contribution in [0.1, 0.15) is 25.1 Å². The number of H-pyrrole nitrogens is 1. The van der Waals surface area contributed by atoms with Crippen LogP contribution in [0.3, 0.4) is 0 Å². The number of aliphatic hydroxyl groups excluding tert-OH is 2. The highest BCUT2D eigenvalue weighted by molar-refractivity contribution is 5.69. The van der Waals surface area contributed by atoms with Crippen LogP contribution < -0.4 is 11.3 Å². The van der Waals surface area contributed by atoms with Crippen molar-refractivity contribution in [3.8, 4) is 12.8 Å². The highest BCUT2D eigenvalue weighted by atomic mass is 16.3. The zero-order chi connectivity index (χ0) is 15.7. The van der Waals surface area contributed by atoms with Gasteiger partial charge in [0.05, 0.1) is 18.0 Å². The van der Waals surface area contributed by atoms with E-state index in [9.17, 15) is 9.90 Å². The third kappa shape index (κ3) is 4.01. The number of nitrogens with two attached hydrogens (primary N) is 1. The molecule has 0 spiro atoms. The van der Waals surface area contributed by atoms with Crippen molar-refractivity contribution in [1.82, 2.24) is 19.9 Å². The zero-order valence-electron chi connectivity index (χ0n) is 11.2. The van der Waals surface area contributed by atoms with E-state index in [1.54, 1.807) is 0 Å². The Morgan fingerprint density at radius 2 is 2.00 bits per heavy atom. The van der Waals surface area contributed by atoms with Crippen LogP contribution in [0.2, 0.25) is 0 Å². The molecule has 0 aliphatic carbocycles. The van der Waals surface area contributed by atoms with Gasteiger partial charge < -0.3 is 15.9 Å². The minimum Gasteiger partial charge on any atom is -0.400 e. The van der Waals surface area contributed by atoms with Crippen molar-refractivity contribution in [3.05, 3.63) is 22.2 Å². The number of terminal acetylenes is 1. The van der Waals surface area contributed by atoms with E-state index in [0.29, 0.717) is 12.1 Å². The van der Waals surface area contributed by atoms with Gasteiger partial charge in [-0.15, -0.1) is 12.8 Å². The molecule has 0 aromatic carbocycles. The topological polar surface area (TPSA) is 138 Å². The molecule has 8 nitrogen and oxygen atoms in total. The van der Waals surface area contributed by atoms with Crippen molar-refractivity contribution in [2.45, 2.75) is 19.4 Å². The fraction of sp³-hybridized carbons (Fsp3) is 0.333. The Labute approximate surface area is 115 Å². The number of rotatable bonds is 2.